The number of carbonyl (C=O) groups is 1. The van der Waals surface area contributed by atoms with Gasteiger partial charge in [0, 0.05) is 37.7 Å². The van der Waals surface area contributed by atoms with E-state index in [0.29, 0.717) is 11.9 Å². The molecule has 1 amide bonds. The van der Waals surface area contributed by atoms with Crippen molar-refractivity contribution in [3.63, 3.8) is 0 Å². The van der Waals surface area contributed by atoms with E-state index >= 15 is 0 Å². The van der Waals surface area contributed by atoms with Gasteiger partial charge in [0.15, 0.2) is 0 Å². The number of anilines is 2. The summed E-state index contributed by atoms with van der Waals surface area (Å²) in [6.07, 6.45) is 6.66. The topological polar surface area (TPSA) is 102 Å². The Morgan fingerprint density at radius 3 is 2.64 bits per heavy atom. The zero-order valence-corrected chi connectivity index (χ0v) is 15.8. The molecule has 0 atom stereocenters. The highest BCUT2D eigenvalue weighted by Crippen LogP contribution is 2.21. The maximum atomic E-state index is 11.3. The van der Waals surface area contributed by atoms with Crippen LogP contribution in [0, 0.1) is 5.92 Å². The van der Waals surface area contributed by atoms with Gasteiger partial charge in [-0.15, -0.1) is 0 Å². The normalized spacial score (nSPS) is 14.5. The molecule has 28 heavy (non-hydrogen) atoms. The zero-order valence-electron chi connectivity index (χ0n) is 15.8. The number of aromatic nitrogens is 2. The Morgan fingerprint density at radius 2 is 1.96 bits per heavy atom. The van der Waals surface area contributed by atoms with Crippen LogP contribution >= 0.6 is 0 Å². The number of amides is 1. The average Bonchev–Trinajstić information content (AvgIpc) is 2.75. The third kappa shape index (κ3) is 5.05. The molecule has 0 aliphatic carbocycles. The second-order valence-electron chi connectivity index (χ2n) is 6.78. The van der Waals surface area contributed by atoms with Gasteiger partial charge in [0.2, 0.25) is 5.95 Å². The maximum Gasteiger partial charge on any atom is 0.277 e. The second kappa shape index (κ2) is 9.82. The molecule has 0 spiro atoms. The first-order chi connectivity index (χ1) is 13.7. The lowest BCUT2D eigenvalue weighted by molar-refractivity contribution is 0.0705. The molecule has 1 saturated heterocycles. The van der Waals surface area contributed by atoms with E-state index in [1.54, 1.807) is 11.7 Å². The quantitative estimate of drug-likeness (QED) is 0.410. The van der Waals surface area contributed by atoms with Gasteiger partial charge in [-0.1, -0.05) is 24.8 Å². The fourth-order valence-corrected chi connectivity index (χ4v) is 3.34. The van der Waals surface area contributed by atoms with Gasteiger partial charge < -0.3 is 15.5 Å². The fourth-order valence-electron chi connectivity index (χ4n) is 3.34. The molecule has 2 aromatic rings. The predicted octanol–water partition coefficient (Wildman–Crippen LogP) is 2.16. The Hall–Kier alpha value is -2.97. The van der Waals surface area contributed by atoms with E-state index in [0.717, 1.165) is 44.7 Å². The standard InChI is InChI=1S/C20H26N6O2/c1-2-22-18-6-4-3-5-16(18)12-21-11-15-7-9-26(10-8-15)20-23-13-17(14-24-20)19(27)25-28/h2-6,13-15,21-22,28H,1,7-12H2,(H,25,27). The van der Waals surface area contributed by atoms with Gasteiger partial charge in [-0.05, 0) is 43.1 Å². The molecule has 0 radical (unpaired) electrons. The molecule has 1 aliphatic rings. The van der Waals surface area contributed by atoms with Gasteiger partial charge in [0.25, 0.3) is 5.91 Å². The molecule has 0 bridgehead atoms. The van der Waals surface area contributed by atoms with Gasteiger partial charge in [-0.2, -0.15) is 0 Å². The Balaban J connectivity index is 1.44. The number of hydrogen-bond acceptors (Lipinski definition) is 7. The third-order valence-corrected chi connectivity index (χ3v) is 4.92. The molecule has 0 unspecified atom stereocenters. The summed E-state index contributed by atoms with van der Waals surface area (Å²) in [4.78, 5) is 21.9. The summed E-state index contributed by atoms with van der Waals surface area (Å²) in [5.74, 6) is 0.613. The van der Waals surface area contributed by atoms with Gasteiger partial charge in [0.05, 0.1) is 5.56 Å². The van der Waals surface area contributed by atoms with Gasteiger partial charge in [-0.25, -0.2) is 15.4 Å². The second-order valence-corrected chi connectivity index (χ2v) is 6.78. The van der Waals surface area contributed by atoms with E-state index in [1.807, 2.05) is 18.2 Å². The van der Waals surface area contributed by atoms with Crippen molar-refractivity contribution >= 4 is 17.5 Å². The molecule has 8 heteroatoms. The van der Waals surface area contributed by atoms with Gasteiger partial charge in [-0.3, -0.25) is 10.0 Å². The highest BCUT2D eigenvalue weighted by atomic mass is 16.5. The molecule has 4 N–H and O–H groups in total. The van der Waals surface area contributed by atoms with Crippen LogP contribution < -0.4 is 21.0 Å². The Morgan fingerprint density at radius 1 is 1.25 bits per heavy atom. The van der Waals surface area contributed by atoms with Crippen LogP contribution in [0.4, 0.5) is 11.6 Å². The smallest absolute Gasteiger partial charge is 0.277 e. The van der Waals surface area contributed by atoms with Crippen molar-refractivity contribution < 1.29 is 10.0 Å². The lowest BCUT2D eigenvalue weighted by atomic mass is 9.97. The Labute approximate surface area is 164 Å². The highest BCUT2D eigenvalue weighted by molar-refractivity contribution is 5.92. The number of hydrogen-bond donors (Lipinski definition) is 4. The van der Waals surface area contributed by atoms with Crippen molar-refractivity contribution in [2.24, 2.45) is 5.92 Å². The fraction of sp³-hybridized carbons (Fsp3) is 0.350. The van der Waals surface area contributed by atoms with Crippen molar-refractivity contribution in [2.75, 3.05) is 29.9 Å². The molecular weight excluding hydrogens is 356 g/mol. The largest absolute Gasteiger partial charge is 0.362 e. The van der Waals surface area contributed by atoms with E-state index in [1.165, 1.54) is 18.0 Å². The SMILES string of the molecule is C=CNc1ccccc1CNCC1CCN(c2ncc(C(=O)NO)cn2)CC1. The summed E-state index contributed by atoms with van der Waals surface area (Å²) in [5, 5.41) is 15.4. The lowest BCUT2D eigenvalue weighted by Gasteiger charge is -2.32. The van der Waals surface area contributed by atoms with E-state index in [2.05, 4.69) is 38.1 Å². The van der Waals surface area contributed by atoms with Crippen LogP contribution in [0.25, 0.3) is 0 Å². The Bertz CT molecular complexity index is 788. The van der Waals surface area contributed by atoms with Crippen LogP contribution in [0.2, 0.25) is 0 Å². The van der Waals surface area contributed by atoms with Crippen LogP contribution in [0.3, 0.4) is 0 Å². The summed E-state index contributed by atoms with van der Waals surface area (Å²) < 4.78 is 0. The first-order valence-corrected chi connectivity index (χ1v) is 9.38. The number of rotatable bonds is 8. The summed E-state index contributed by atoms with van der Waals surface area (Å²) in [5.41, 5.74) is 4.11. The third-order valence-electron chi connectivity index (χ3n) is 4.92. The highest BCUT2D eigenvalue weighted by Gasteiger charge is 2.21. The van der Waals surface area contributed by atoms with Crippen LogP contribution in [-0.2, 0) is 6.54 Å². The van der Waals surface area contributed by atoms with Gasteiger partial charge >= 0.3 is 0 Å². The number of benzene rings is 1. The predicted molar refractivity (Wildman–Crippen MR) is 108 cm³/mol. The number of para-hydroxylation sites is 1. The minimum atomic E-state index is -0.610. The molecule has 8 nitrogen and oxygen atoms in total. The molecule has 0 saturated carbocycles. The van der Waals surface area contributed by atoms with Crippen LogP contribution in [0.5, 0.6) is 0 Å². The summed E-state index contributed by atoms with van der Waals surface area (Å²) in [7, 11) is 0. The average molecular weight is 382 g/mol. The molecule has 1 aliphatic heterocycles. The first-order valence-electron chi connectivity index (χ1n) is 9.38. The van der Waals surface area contributed by atoms with Crippen molar-refractivity contribution in [3.8, 4) is 0 Å². The van der Waals surface area contributed by atoms with E-state index in [4.69, 9.17) is 5.21 Å². The number of piperidine rings is 1. The summed E-state index contributed by atoms with van der Waals surface area (Å²) in [6, 6.07) is 8.21. The molecule has 1 fully saturated rings. The number of nitrogens with zero attached hydrogens (tertiary/aromatic N) is 3. The maximum absolute atomic E-state index is 11.3. The summed E-state index contributed by atoms with van der Waals surface area (Å²) in [6.45, 7) is 7.27. The zero-order chi connectivity index (χ0) is 19.8. The van der Waals surface area contributed by atoms with Crippen molar-refractivity contribution in [1.29, 1.82) is 0 Å². The molecule has 3 rings (SSSR count). The van der Waals surface area contributed by atoms with E-state index < -0.39 is 5.91 Å². The number of hydroxylamine groups is 1. The molecule has 1 aromatic heterocycles. The van der Waals surface area contributed by atoms with E-state index in [9.17, 15) is 4.79 Å². The van der Waals surface area contributed by atoms with Crippen molar-refractivity contribution in [1.82, 2.24) is 20.8 Å². The summed E-state index contributed by atoms with van der Waals surface area (Å²) >= 11 is 0. The molecule has 2 heterocycles. The minimum Gasteiger partial charge on any atom is -0.362 e. The molecule has 148 valence electrons. The van der Waals surface area contributed by atoms with E-state index in [-0.39, 0.29) is 5.56 Å². The van der Waals surface area contributed by atoms with Gasteiger partial charge in [0.1, 0.15) is 0 Å². The molecule has 1 aromatic carbocycles. The van der Waals surface area contributed by atoms with Crippen molar-refractivity contribution in [3.05, 3.63) is 60.6 Å². The van der Waals surface area contributed by atoms with Crippen LogP contribution in [-0.4, -0.2) is 40.7 Å². The lowest BCUT2D eigenvalue weighted by Crippen LogP contribution is -2.38. The monoisotopic (exact) mass is 382 g/mol. The van der Waals surface area contributed by atoms with Crippen molar-refractivity contribution in [2.45, 2.75) is 19.4 Å². The van der Waals surface area contributed by atoms with Crippen LogP contribution in [0.15, 0.2) is 49.4 Å². The van der Waals surface area contributed by atoms with Crippen LogP contribution in [0.1, 0.15) is 28.8 Å². The number of nitrogens with one attached hydrogen (secondary N) is 3. The number of carbonyl (C=O) groups excluding carboxylic acids is 1. The first kappa shape index (κ1) is 19.8. The Kier molecular flexibility index (Phi) is 6.94. The molecular formula is C20H26N6O2. The minimum absolute atomic E-state index is 0.233.